The molecule has 1 aromatic carbocycles. The first kappa shape index (κ1) is 14.1. The monoisotopic (exact) mass is 303 g/mol. The molecule has 2 heteroatoms. The van der Waals surface area contributed by atoms with Gasteiger partial charge in [0.1, 0.15) is 0 Å². The summed E-state index contributed by atoms with van der Waals surface area (Å²) in [5.41, 5.74) is 9.46. The molecule has 0 spiro atoms. The second-order valence-electron chi connectivity index (χ2n) is 9.02. The van der Waals surface area contributed by atoms with Gasteiger partial charge in [-0.3, -0.25) is 0 Å². The molecule has 4 aliphatic carbocycles. The van der Waals surface area contributed by atoms with Crippen molar-refractivity contribution in [2.24, 2.45) is 27.9 Å². The Morgan fingerprint density at radius 1 is 1.00 bits per heavy atom. The Balaban J connectivity index is 1.72. The molecular formula is C19H26ClN. The van der Waals surface area contributed by atoms with E-state index in [0.717, 1.165) is 10.9 Å². The third-order valence-electron chi connectivity index (χ3n) is 6.56. The maximum atomic E-state index is 6.82. The molecule has 0 aliphatic heterocycles. The minimum atomic E-state index is 0.164. The van der Waals surface area contributed by atoms with Crippen molar-refractivity contribution in [3.05, 3.63) is 34.9 Å². The highest BCUT2D eigenvalue weighted by Crippen LogP contribution is 2.71. The van der Waals surface area contributed by atoms with E-state index in [1.165, 1.54) is 44.1 Å². The highest BCUT2D eigenvalue weighted by Gasteiger charge is 2.61. The van der Waals surface area contributed by atoms with Crippen molar-refractivity contribution in [2.45, 2.75) is 58.4 Å². The molecule has 0 amide bonds. The summed E-state index contributed by atoms with van der Waals surface area (Å²) >= 11 is 6.04. The lowest BCUT2D eigenvalue weighted by atomic mass is 9.39. The van der Waals surface area contributed by atoms with Crippen LogP contribution in [-0.2, 0) is 0 Å². The number of hydrogen-bond donors (Lipinski definition) is 1. The Morgan fingerprint density at radius 3 is 2.10 bits per heavy atom. The van der Waals surface area contributed by atoms with Gasteiger partial charge >= 0.3 is 0 Å². The summed E-state index contributed by atoms with van der Waals surface area (Å²) in [5.74, 6) is 0.898. The van der Waals surface area contributed by atoms with E-state index >= 15 is 0 Å². The minimum absolute atomic E-state index is 0.164. The molecule has 4 aliphatic rings. The van der Waals surface area contributed by atoms with E-state index < -0.39 is 0 Å². The highest BCUT2D eigenvalue weighted by atomic mass is 35.5. The maximum Gasteiger partial charge on any atom is 0.0406 e. The molecule has 1 aromatic rings. The SMILES string of the molecule is CC12CC3CC(C)(C1)CC(C(N)c1ccc(Cl)cc1)(C3)C2. The van der Waals surface area contributed by atoms with E-state index in [0.29, 0.717) is 16.2 Å². The van der Waals surface area contributed by atoms with Crippen LogP contribution in [0.25, 0.3) is 0 Å². The standard InChI is InChI=1S/C19H26ClN/c1-17-7-13-8-18(2,10-17)12-19(9-13,11-17)16(21)14-3-5-15(20)6-4-14/h3-6,13,16H,7-12,21H2,1-2H3. The molecule has 21 heavy (non-hydrogen) atoms. The molecule has 1 nitrogen and oxygen atoms in total. The fourth-order valence-corrected chi connectivity index (χ4v) is 7.03. The molecule has 0 radical (unpaired) electrons. The van der Waals surface area contributed by atoms with Crippen LogP contribution in [-0.4, -0.2) is 0 Å². The van der Waals surface area contributed by atoms with Crippen LogP contribution in [0.4, 0.5) is 0 Å². The topological polar surface area (TPSA) is 26.0 Å². The third-order valence-corrected chi connectivity index (χ3v) is 6.81. The van der Waals surface area contributed by atoms with Gasteiger partial charge in [-0.25, -0.2) is 0 Å². The quantitative estimate of drug-likeness (QED) is 0.784. The average Bonchev–Trinajstić information content (AvgIpc) is 2.34. The normalized spacial score (nSPS) is 45.8. The van der Waals surface area contributed by atoms with Crippen molar-refractivity contribution in [1.29, 1.82) is 0 Å². The maximum absolute atomic E-state index is 6.82. The van der Waals surface area contributed by atoms with Gasteiger partial charge in [0.15, 0.2) is 0 Å². The van der Waals surface area contributed by atoms with Gasteiger partial charge in [-0.1, -0.05) is 37.6 Å². The number of halogens is 1. The zero-order chi connectivity index (χ0) is 14.9. The van der Waals surface area contributed by atoms with E-state index in [-0.39, 0.29) is 6.04 Å². The smallest absolute Gasteiger partial charge is 0.0406 e. The second-order valence-corrected chi connectivity index (χ2v) is 9.46. The molecule has 3 atom stereocenters. The van der Waals surface area contributed by atoms with E-state index in [1.54, 1.807) is 0 Å². The lowest BCUT2D eigenvalue weighted by molar-refractivity contribution is -0.154. The first-order chi connectivity index (χ1) is 9.82. The van der Waals surface area contributed by atoms with Crippen molar-refractivity contribution in [1.82, 2.24) is 0 Å². The molecule has 2 N–H and O–H groups in total. The third kappa shape index (κ3) is 2.16. The summed E-state index contributed by atoms with van der Waals surface area (Å²) in [6.07, 6.45) is 8.23. The van der Waals surface area contributed by atoms with Gasteiger partial charge in [-0.05, 0) is 78.4 Å². The molecule has 0 heterocycles. The molecule has 0 saturated heterocycles. The van der Waals surface area contributed by atoms with Crippen LogP contribution >= 0.6 is 11.6 Å². The van der Waals surface area contributed by atoms with Crippen LogP contribution in [0.3, 0.4) is 0 Å². The van der Waals surface area contributed by atoms with Gasteiger partial charge in [0.25, 0.3) is 0 Å². The second kappa shape index (κ2) is 4.26. The fraction of sp³-hybridized carbons (Fsp3) is 0.684. The van der Waals surface area contributed by atoms with Crippen molar-refractivity contribution in [3.63, 3.8) is 0 Å². The van der Waals surface area contributed by atoms with Crippen molar-refractivity contribution >= 4 is 11.6 Å². The average molecular weight is 304 g/mol. The van der Waals surface area contributed by atoms with Gasteiger partial charge in [0.05, 0.1) is 0 Å². The molecule has 4 fully saturated rings. The first-order valence-corrected chi connectivity index (χ1v) is 8.71. The summed E-state index contributed by atoms with van der Waals surface area (Å²) in [4.78, 5) is 0. The zero-order valence-corrected chi connectivity index (χ0v) is 13.9. The van der Waals surface area contributed by atoms with E-state index in [2.05, 4.69) is 26.0 Å². The van der Waals surface area contributed by atoms with Crippen molar-refractivity contribution in [3.8, 4) is 0 Å². The number of rotatable bonds is 2. The van der Waals surface area contributed by atoms with E-state index in [1.807, 2.05) is 12.1 Å². The van der Waals surface area contributed by atoms with E-state index in [9.17, 15) is 0 Å². The summed E-state index contributed by atoms with van der Waals surface area (Å²) in [5, 5.41) is 0.801. The van der Waals surface area contributed by atoms with Crippen LogP contribution in [0.1, 0.15) is 64.0 Å². The molecule has 0 aromatic heterocycles. The van der Waals surface area contributed by atoms with Gasteiger partial charge in [0.2, 0.25) is 0 Å². The summed E-state index contributed by atoms with van der Waals surface area (Å²) < 4.78 is 0. The summed E-state index contributed by atoms with van der Waals surface area (Å²) in [6, 6.07) is 8.41. The van der Waals surface area contributed by atoms with Crippen LogP contribution < -0.4 is 5.73 Å². The molecule has 114 valence electrons. The summed E-state index contributed by atoms with van der Waals surface area (Å²) in [7, 11) is 0. The van der Waals surface area contributed by atoms with Crippen LogP contribution in [0.5, 0.6) is 0 Å². The van der Waals surface area contributed by atoms with Gasteiger partial charge in [-0.2, -0.15) is 0 Å². The first-order valence-electron chi connectivity index (χ1n) is 8.33. The van der Waals surface area contributed by atoms with Crippen LogP contribution in [0.15, 0.2) is 24.3 Å². The van der Waals surface area contributed by atoms with Crippen molar-refractivity contribution < 1.29 is 0 Å². The molecule has 4 bridgehead atoms. The molecule has 3 unspecified atom stereocenters. The van der Waals surface area contributed by atoms with Crippen LogP contribution in [0.2, 0.25) is 5.02 Å². The number of nitrogens with two attached hydrogens (primary N) is 1. The lowest BCUT2D eigenvalue weighted by Crippen LogP contribution is -2.58. The van der Waals surface area contributed by atoms with Gasteiger partial charge < -0.3 is 5.73 Å². The largest absolute Gasteiger partial charge is 0.323 e. The number of benzene rings is 1. The van der Waals surface area contributed by atoms with Gasteiger partial charge in [0, 0.05) is 11.1 Å². The fourth-order valence-electron chi connectivity index (χ4n) is 6.91. The molecular weight excluding hydrogens is 278 g/mol. The Bertz CT molecular complexity index is 545. The minimum Gasteiger partial charge on any atom is -0.323 e. The van der Waals surface area contributed by atoms with Crippen molar-refractivity contribution in [2.75, 3.05) is 0 Å². The predicted octanol–water partition coefficient (Wildman–Crippen LogP) is 5.34. The summed E-state index contributed by atoms with van der Waals surface area (Å²) in [6.45, 7) is 5.03. The molecule has 4 saturated carbocycles. The van der Waals surface area contributed by atoms with E-state index in [4.69, 9.17) is 17.3 Å². The number of hydrogen-bond acceptors (Lipinski definition) is 1. The Labute approximate surface area is 133 Å². The lowest BCUT2D eigenvalue weighted by Gasteiger charge is -2.67. The molecule has 5 rings (SSSR count). The van der Waals surface area contributed by atoms with Gasteiger partial charge in [-0.15, -0.1) is 0 Å². The Hall–Kier alpha value is -0.530. The predicted molar refractivity (Wildman–Crippen MR) is 88.2 cm³/mol. The van der Waals surface area contributed by atoms with Crippen LogP contribution in [0, 0.1) is 22.2 Å². The zero-order valence-electron chi connectivity index (χ0n) is 13.2. The highest BCUT2D eigenvalue weighted by molar-refractivity contribution is 6.30. The Kier molecular flexibility index (Phi) is 2.86. The Morgan fingerprint density at radius 2 is 1.57 bits per heavy atom.